The van der Waals surface area contributed by atoms with Crippen LogP contribution in [0.2, 0.25) is 0 Å². The number of morpholine rings is 1. The summed E-state index contributed by atoms with van der Waals surface area (Å²) in [5.41, 5.74) is 3.96. The number of nitrogens with zero attached hydrogens (tertiary/aromatic N) is 2. The molecule has 2 unspecified atom stereocenters. The predicted octanol–water partition coefficient (Wildman–Crippen LogP) is 4.15. The summed E-state index contributed by atoms with van der Waals surface area (Å²) in [7, 11) is 0. The number of carbonyl (C=O) groups excluding carboxylic acids is 1. The number of ether oxygens (including phenoxy) is 1. The van der Waals surface area contributed by atoms with Gasteiger partial charge in [0.05, 0.1) is 18.8 Å². The monoisotopic (exact) mass is 404 g/mol. The Kier molecular flexibility index (Phi) is 5.46. The molecule has 25 heavy (non-hydrogen) atoms. The summed E-state index contributed by atoms with van der Waals surface area (Å²) >= 11 is 3.47. The lowest BCUT2D eigenvalue weighted by Crippen LogP contribution is -2.47. The number of hydrogen-bond donors (Lipinski definition) is 0. The smallest absolute Gasteiger partial charge is 0.178 e. The van der Waals surface area contributed by atoms with Gasteiger partial charge in [-0.05, 0) is 58.0 Å². The van der Waals surface area contributed by atoms with Gasteiger partial charge >= 0.3 is 0 Å². The fraction of sp³-hybridized carbons (Fsp3) is 0.450. The van der Waals surface area contributed by atoms with Crippen LogP contribution in [0.3, 0.4) is 0 Å². The molecule has 1 saturated heterocycles. The van der Waals surface area contributed by atoms with Crippen molar-refractivity contribution in [3.8, 4) is 5.69 Å². The van der Waals surface area contributed by atoms with Crippen molar-refractivity contribution < 1.29 is 9.53 Å². The molecule has 1 aliphatic heterocycles. The first-order valence-electron chi connectivity index (χ1n) is 8.71. The van der Waals surface area contributed by atoms with Crippen molar-refractivity contribution in [3.63, 3.8) is 0 Å². The summed E-state index contributed by atoms with van der Waals surface area (Å²) in [6.45, 7) is 10.3. The first kappa shape index (κ1) is 18.4. The van der Waals surface area contributed by atoms with Gasteiger partial charge in [-0.3, -0.25) is 9.69 Å². The summed E-state index contributed by atoms with van der Waals surface area (Å²) < 4.78 is 8.95. The van der Waals surface area contributed by atoms with Crippen LogP contribution in [0.4, 0.5) is 0 Å². The number of carbonyl (C=O) groups is 1. The van der Waals surface area contributed by atoms with E-state index in [4.69, 9.17) is 4.74 Å². The molecular formula is C20H25BrN2O2. The minimum Gasteiger partial charge on any atom is -0.373 e. The second kappa shape index (κ2) is 7.44. The average molecular weight is 405 g/mol. The lowest BCUT2D eigenvalue weighted by atomic mass is 10.1. The molecule has 1 aromatic heterocycles. The van der Waals surface area contributed by atoms with Gasteiger partial charge in [-0.1, -0.05) is 15.9 Å². The zero-order valence-electron chi connectivity index (χ0n) is 15.3. The summed E-state index contributed by atoms with van der Waals surface area (Å²) in [4.78, 5) is 15.1. The quantitative estimate of drug-likeness (QED) is 0.717. The highest BCUT2D eigenvalue weighted by molar-refractivity contribution is 9.10. The third-order valence-electron chi connectivity index (χ3n) is 4.68. The van der Waals surface area contributed by atoms with Crippen molar-refractivity contribution in [1.82, 2.24) is 9.47 Å². The van der Waals surface area contributed by atoms with E-state index in [0.717, 1.165) is 40.2 Å². The van der Waals surface area contributed by atoms with E-state index in [9.17, 15) is 4.79 Å². The van der Waals surface area contributed by atoms with Crippen LogP contribution in [0, 0.1) is 13.8 Å². The maximum atomic E-state index is 12.9. The Morgan fingerprint density at radius 3 is 2.36 bits per heavy atom. The maximum absolute atomic E-state index is 12.9. The lowest BCUT2D eigenvalue weighted by Gasteiger charge is -2.34. The Balaban J connectivity index is 1.82. The number of aryl methyl sites for hydroxylation is 1. The molecule has 2 atom stereocenters. The summed E-state index contributed by atoms with van der Waals surface area (Å²) in [6.07, 6.45) is 0.346. The van der Waals surface area contributed by atoms with E-state index in [1.54, 1.807) is 0 Å². The molecule has 5 heteroatoms. The van der Waals surface area contributed by atoms with Crippen molar-refractivity contribution in [3.05, 3.63) is 51.8 Å². The van der Waals surface area contributed by atoms with E-state index in [0.29, 0.717) is 6.54 Å². The number of benzene rings is 1. The fourth-order valence-electron chi connectivity index (χ4n) is 3.73. The molecule has 3 rings (SSSR count). The lowest BCUT2D eigenvalue weighted by molar-refractivity contribution is -0.0652. The Morgan fingerprint density at radius 2 is 1.76 bits per heavy atom. The second-order valence-electron chi connectivity index (χ2n) is 6.97. The number of ketones is 1. The second-order valence-corrected chi connectivity index (χ2v) is 7.89. The molecule has 0 amide bonds. The van der Waals surface area contributed by atoms with Gasteiger partial charge in [0.15, 0.2) is 5.78 Å². The molecule has 0 spiro atoms. The van der Waals surface area contributed by atoms with Crippen LogP contribution >= 0.6 is 15.9 Å². The van der Waals surface area contributed by atoms with Gasteiger partial charge in [0, 0.05) is 40.2 Å². The van der Waals surface area contributed by atoms with Crippen molar-refractivity contribution in [1.29, 1.82) is 0 Å². The average Bonchev–Trinajstić information content (AvgIpc) is 2.82. The van der Waals surface area contributed by atoms with Gasteiger partial charge in [0.1, 0.15) is 0 Å². The summed E-state index contributed by atoms with van der Waals surface area (Å²) in [5.74, 6) is 0.178. The Bertz CT molecular complexity index is 757. The van der Waals surface area contributed by atoms with Crippen LogP contribution in [0.15, 0.2) is 34.8 Å². The largest absolute Gasteiger partial charge is 0.373 e. The number of rotatable bonds is 4. The zero-order chi connectivity index (χ0) is 18.1. The van der Waals surface area contributed by atoms with Crippen LogP contribution in [-0.4, -0.2) is 47.1 Å². The number of halogens is 1. The molecule has 0 bridgehead atoms. The summed E-state index contributed by atoms with van der Waals surface area (Å²) in [6, 6.07) is 10.2. The van der Waals surface area contributed by atoms with Crippen LogP contribution < -0.4 is 0 Å². The highest BCUT2D eigenvalue weighted by Gasteiger charge is 2.25. The minimum atomic E-state index is 0.173. The highest BCUT2D eigenvalue weighted by atomic mass is 79.9. The third kappa shape index (κ3) is 4.05. The highest BCUT2D eigenvalue weighted by Crippen LogP contribution is 2.23. The molecule has 0 aliphatic carbocycles. The van der Waals surface area contributed by atoms with E-state index in [1.165, 1.54) is 0 Å². The molecule has 134 valence electrons. The first-order valence-corrected chi connectivity index (χ1v) is 9.50. The zero-order valence-corrected chi connectivity index (χ0v) is 16.8. The van der Waals surface area contributed by atoms with E-state index in [-0.39, 0.29) is 18.0 Å². The SMILES string of the molecule is Cc1cc(C(=O)CN2CC(C)OC(C)C2)c(C)n1-c1ccc(Br)cc1. The molecule has 1 aliphatic rings. The van der Waals surface area contributed by atoms with Crippen molar-refractivity contribution in [2.75, 3.05) is 19.6 Å². The summed E-state index contributed by atoms with van der Waals surface area (Å²) in [5, 5.41) is 0. The number of aromatic nitrogens is 1. The van der Waals surface area contributed by atoms with Gasteiger partial charge in [-0.25, -0.2) is 0 Å². The van der Waals surface area contributed by atoms with Gasteiger partial charge in [-0.15, -0.1) is 0 Å². The molecule has 0 radical (unpaired) electrons. The Hall–Kier alpha value is -1.43. The molecular weight excluding hydrogens is 380 g/mol. The predicted molar refractivity (Wildman–Crippen MR) is 104 cm³/mol. The van der Waals surface area contributed by atoms with E-state index < -0.39 is 0 Å². The molecule has 1 aromatic carbocycles. The molecule has 1 fully saturated rings. The molecule has 0 saturated carbocycles. The fourth-order valence-corrected chi connectivity index (χ4v) is 4.00. The van der Waals surface area contributed by atoms with Gasteiger partial charge < -0.3 is 9.30 Å². The van der Waals surface area contributed by atoms with Gasteiger partial charge in [0.2, 0.25) is 0 Å². The van der Waals surface area contributed by atoms with Gasteiger partial charge in [-0.2, -0.15) is 0 Å². The first-order chi connectivity index (χ1) is 11.8. The molecule has 2 aromatic rings. The van der Waals surface area contributed by atoms with E-state index >= 15 is 0 Å². The molecule has 2 heterocycles. The van der Waals surface area contributed by atoms with Crippen LogP contribution in [0.1, 0.15) is 35.6 Å². The number of hydrogen-bond acceptors (Lipinski definition) is 3. The van der Waals surface area contributed by atoms with Crippen LogP contribution in [-0.2, 0) is 4.74 Å². The topological polar surface area (TPSA) is 34.5 Å². The van der Waals surface area contributed by atoms with Crippen LogP contribution in [0.25, 0.3) is 5.69 Å². The molecule has 0 N–H and O–H groups in total. The molecule has 4 nitrogen and oxygen atoms in total. The Labute approximate surface area is 157 Å². The van der Waals surface area contributed by atoms with Crippen molar-refractivity contribution in [2.45, 2.75) is 39.9 Å². The standard InChI is InChI=1S/C20H25BrN2O2/c1-13-9-19(16(4)23(13)18-7-5-17(21)6-8-18)20(24)12-22-10-14(2)25-15(3)11-22/h5-9,14-15H,10-12H2,1-4H3. The minimum absolute atomic E-state index is 0.173. The van der Waals surface area contributed by atoms with Crippen molar-refractivity contribution in [2.24, 2.45) is 0 Å². The number of Topliss-reactive ketones (excluding diaryl/α,β-unsaturated/α-hetero) is 1. The van der Waals surface area contributed by atoms with Gasteiger partial charge in [0.25, 0.3) is 0 Å². The van der Waals surface area contributed by atoms with E-state index in [2.05, 4.69) is 51.4 Å². The third-order valence-corrected chi connectivity index (χ3v) is 5.21. The van der Waals surface area contributed by atoms with Crippen LogP contribution in [0.5, 0.6) is 0 Å². The maximum Gasteiger partial charge on any atom is 0.178 e. The Morgan fingerprint density at radius 1 is 1.16 bits per heavy atom. The van der Waals surface area contributed by atoms with E-state index in [1.807, 2.05) is 32.0 Å². The van der Waals surface area contributed by atoms with Crippen molar-refractivity contribution >= 4 is 21.7 Å². The normalized spacial score (nSPS) is 21.5.